The van der Waals surface area contributed by atoms with Crippen LogP contribution in [0.5, 0.6) is 11.5 Å². The largest absolute Gasteiger partial charge is 0.456 e. The lowest BCUT2D eigenvalue weighted by atomic mass is 10.1. The van der Waals surface area contributed by atoms with Gasteiger partial charge in [0, 0.05) is 37.4 Å². The van der Waals surface area contributed by atoms with Crippen LogP contribution in [0, 0.1) is 6.92 Å². The molecule has 160 valence electrons. The molecule has 5 rings (SSSR count). The molecule has 0 saturated carbocycles. The molecule has 1 aliphatic rings. The van der Waals surface area contributed by atoms with Gasteiger partial charge in [-0.2, -0.15) is 0 Å². The fourth-order valence-corrected chi connectivity index (χ4v) is 3.98. The molecule has 2 aromatic carbocycles. The Morgan fingerprint density at radius 1 is 1.19 bits per heavy atom. The van der Waals surface area contributed by atoms with E-state index in [1.54, 1.807) is 29.4 Å². The first kappa shape index (κ1) is 19.8. The van der Waals surface area contributed by atoms with Gasteiger partial charge in [0.2, 0.25) is 0 Å². The van der Waals surface area contributed by atoms with Gasteiger partial charge in [-0.05, 0) is 43.3 Å². The maximum Gasteiger partial charge on any atom is 0.263 e. The summed E-state index contributed by atoms with van der Waals surface area (Å²) < 4.78 is 11.4. The number of hydrogen-bond donors (Lipinski definition) is 0. The van der Waals surface area contributed by atoms with Crippen molar-refractivity contribution in [2.24, 2.45) is 0 Å². The number of aromatic nitrogens is 2. The number of hydrogen-bond acceptors (Lipinski definition) is 6. The van der Waals surface area contributed by atoms with Crippen LogP contribution in [0.1, 0.15) is 16.1 Å². The van der Waals surface area contributed by atoms with E-state index in [9.17, 15) is 4.79 Å². The lowest BCUT2D eigenvalue weighted by molar-refractivity contribution is 0.0984. The predicted octanol–water partition coefficient (Wildman–Crippen LogP) is 4.98. The highest BCUT2D eigenvalue weighted by Crippen LogP contribution is 2.35. The molecular weight excluding hydrogens is 404 g/mol. The van der Waals surface area contributed by atoms with Crippen LogP contribution >= 0.6 is 0 Å². The molecule has 32 heavy (non-hydrogen) atoms. The second-order valence-electron chi connectivity index (χ2n) is 7.58. The Hall–Kier alpha value is -4.13. The number of pyridine rings is 1. The van der Waals surface area contributed by atoms with Crippen LogP contribution in [0.4, 0.5) is 11.4 Å². The molecule has 0 aliphatic carbocycles. The number of anilines is 2. The molecule has 0 saturated heterocycles. The minimum atomic E-state index is -0.152. The Labute approximate surface area is 185 Å². The normalized spacial score (nSPS) is 13.2. The summed E-state index contributed by atoms with van der Waals surface area (Å²) in [5.41, 5.74) is 3.75. The van der Waals surface area contributed by atoms with Crippen molar-refractivity contribution < 1.29 is 14.1 Å². The number of carbonyl (C=O) groups is 1. The summed E-state index contributed by atoms with van der Waals surface area (Å²) in [5, 5.41) is 4.85. The van der Waals surface area contributed by atoms with Crippen LogP contribution in [0.25, 0.3) is 11.0 Å². The standard InChI is InChI=1S/C25H22N4O3/c1-3-12-28-13-14-29(22-7-5-4-6-21(22)28)25(30)20-16-26-11-10-23(20)31-18-8-9-24-19(15-18)17(2)27-32-24/h3-11,15-16H,1,12-14H2,2H3. The van der Waals surface area contributed by atoms with E-state index in [1.807, 2.05) is 49.4 Å². The van der Waals surface area contributed by atoms with Crippen molar-refractivity contribution in [3.63, 3.8) is 0 Å². The summed E-state index contributed by atoms with van der Waals surface area (Å²) in [6.45, 7) is 7.72. The number of nitrogens with zero attached hydrogens (tertiary/aromatic N) is 4. The Morgan fingerprint density at radius 2 is 2.03 bits per heavy atom. The summed E-state index contributed by atoms with van der Waals surface area (Å²) in [7, 11) is 0. The summed E-state index contributed by atoms with van der Waals surface area (Å²) >= 11 is 0. The fraction of sp³-hybridized carbons (Fsp3) is 0.160. The second-order valence-corrected chi connectivity index (χ2v) is 7.58. The van der Waals surface area contributed by atoms with E-state index in [2.05, 4.69) is 21.6 Å². The third-order valence-corrected chi connectivity index (χ3v) is 5.56. The molecular formula is C25H22N4O3. The topological polar surface area (TPSA) is 71.7 Å². The maximum atomic E-state index is 13.6. The molecule has 1 amide bonds. The summed E-state index contributed by atoms with van der Waals surface area (Å²) in [5.74, 6) is 0.894. The van der Waals surface area contributed by atoms with Crippen LogP contribution in [0.2, 0.25) is 0 Å². The SMILES string of the molecule is C=CCN1CCN(C(=O)c2cnccc2Oc2ccc3onc(C)c3c2)c2ccccc21. The smallest absolute Gasteiger partial charge is 0.263 e. The predicted molar refractivity (Wildman–Crippen MR) is 124 cm³/mol. The first-order chi connectivity index (χ1) is 15.7. The molecule has 0 unspecified atom stereocenters. The van der Waals surface area contributed by atoms with Gasteiger partial charge >= 0.3 is 0 Å². The molecule has 0 bridgehead atoms. The van der Waals surface area contributed by atoms with Crippen LogP contribution in [0.3, 0.4) is 0 Å². The Bertz CT molecular complexity index is 1310. The average Bonchev–Trinajstić information content (AvgIpc) is 3.19. The molecule has 0 fully saturated rings. The number of benzene rings is 2. The molecule has 1 aliphatic heterocycles. The molecule has 0 N–H and O–H groups in total. The zero-order valence-corrected chi connectivity index (χ0v) is 17.7. The molecule has 7 nitrogen and oxygen atoms in total. The summed E-state index contributed by atoms with van der Waals surface area (Å²) in [6.07, 6.45) is 5.04. The Kier molecular flexibility index (Phi) is 5.07. The average molecular weight is 426 g/mol. The van der Waals surface area contributed by atoms with Gasteiger partial charge in [-0.3, -0.25) is 9.78 Å². The molecule has 0 radical (unpaired) electrons. The lowest BCUT2D eigenvalue weighted by Crippen LogP contribution is -2.44. The molecule has 4 aromatic rings. The van der Waals surface area contributed by atoms with Crippen LogP contribution < -0.4 is 14.5 Å². The first-order valence-electron chi connectivity index (χ1n) is 10.4. The van der Waals surface area contributed by atoms with Crippen molar-refractivity contribution in [1.29, 1.82) is 0 Å². The van der Waals surface area contributed by atoms with E-state index in [0.29, 0.717) is 35.7 Å². The van der Waals surface area contributed by atoms with Crippen molar-refractivity contribution >= 4 is 28.3 Å². The highest BCUT2D eigenvalue weighted by Gasteiger charge is 2.28. The molecule has 7 heteroatoms. The number of ether oxygens (including phenoxy) is 1. The van der Waals surface area contributed by atoms with Gasteiger partial charge in [0.1, 0.15) is 17.1 Å². The minimum absolute atomic E-state index is 0.152. The Balaban J connectivity index is 1.48. The maximum absolute atomic E-state index is 13.6. The van der Waals surface area contributed by atoms with Gasteiger partial charge in [0.25, 0.3) is 5.91 Å². The number of rotatable bonds is 5. The highest BCUT2D eigenvalue weighted by molar-refractivity contribution is 6.09. The minimum Gasteiger partial charge on any atom is -0.456 e. The van der Waals surface area contributed by atoms with Crippen LogP contribution in [0.15, 0.2) is 78.1 Å². The van der Waals surface area contributed by atoms with Gasteiger partial charge in [0.15, 0.2) is 5.58 Å². The number of amides is 1. The number of aryl methyl sites for hydroxylation is 1. The monoisotopic (exact) mass is 426 g/mol. The number of fused-ring (bicyclic) bond motifs is 2. The van der Waals surface area contributed by atoms with E-state index >= 15 is 0 Å². The van der Waals surface area contributed by atoms with E-state index in [0.717, 1.165) is 29.0 Å². The van der Waals surface area contributed by atoms with Gasteiger partial charge in [-0.1, -0.05) is 23.4 Å². The van der Waals surface area contributed by atoms with E-state index in [-0.39, 0.29) is 5.91 Å². The Morgan fingerprint density at radius 3 is 2.88 bits per heavy atom. The van der Waals surface area contributed by atoms with E-state index < -0.39 is 0 Å². The number of carbonyl (C=O) groups excluding carboxylic acids is 1. The van der Waals surface area contributed by atoms with Crippen molar-refractivity contribution in [2.45, 2.75) is 6.92 Å². The molecule has 3 heterocycles. The first-order valence-corrected chi connectivity index (χ1v) is 10.4. The van der Waals surface area contributed by atoms with Crippen molar-refractivity contribution in [3.8, 4) is 11.5 Å². The van der Waals surface area contributed by atoms with E-state index in [1.165, 1.54) is 0 Å². The third-order valence-electron chi connectivity index (χ3n) is 5.56. The van der Waals surface area contributed by atoms with E-state index in [4.69, 9.17) is 9.26 Å². The van der Waals surface area contributed by atoms with Gasteiger partial charge in [-0.15, -0.1) is 6.58 Å². The van der Waals surface area contributed by atoms with Gasteiger partial charge in [0.05, 0.1) is 17.1 Å². The van der Waals surface area contributed by atoms with Crippen molar-refractivity contribution in [2.75, 3.05) is 29.4 Å². The zero-order chi connectivity index (χ0) is 22.1. The quantitative estimate of drug-likeness (QED) is 0.419. The van der Waals surface area contributed by atoms with Crippen molar-refractivity contribution in [1.82, 2.24) is 10.1 Å². The van der Waals surface area contributed by atoms with Crippen LogP contribution in [-0.2, 0) is 0 Å². The van der Waals surface area contributed by atoms with Crippen molar-refractivity contribution in [3.05, 3.63) is 84.8 Å². The second kappa shape index (κ2) is 8.19. The summed E-state index contributed by atoms with van der Waals surface area (Å²) in [6, 6.07) is 15.1. The third kappa shape index (κ3) is 3.47. The zero-order valence-electron chi connectivity index (χ0n) is 17.7. The number of para-hydroxylation sites is 2. The van der Waals surface area contributed by atoms with Gasteiger partial charge in [-0.25, -0.2) is 0 Å². The van der Waals surface area contributed by atoms with Crippen LogP contribution in [-0.4, -0.2) is 35.7 Å². The molecule has 0 atom stereocenters. The molecule has 0 spiro atoms. The van der Waals surface area contributed by atoms with Gasteiger partial charge < -0.3 is 19.1 Å². The highest BCUT2D eigenvalue weighted by atomic mass is 16.5. The fourth-order valence-electron chi connectivity index (χ4n) is 3.98. The molecule has 2 aromatic heterocycles. The summed E-state index contributed by atoms with van der Waals surface area (Å²) in [4.78, 5) is 21.8. The lowest BCUT2D eigenvalue weighted by Gasteiger charge is -2.37.